The van der Waals surface area contributed by atoms with Gasteiger partial charge in [0, 0.05) is 30.2 Å². The highest BCUT2D eigenvalue weighted by Crippen LogP contribution is 2.18. The summed E-state index contributed by atoms with van der Waals surface area (Å²) in [5, 5.41) is 16.5. The number of aromatic nitrogens is 1. The average molecular weight is 560 g/mol. The first-order chi connectivity index (χ1) is 19.8. The molecule has 0 spiro atoms. The van der Waals surface area contributed by atoms with E-state index in [1.807, 2.05) is 12.1 Å². The molecule has 0 bridgehead atoms. The van der Waals surface area contributed by atoms with E-state index < -0.39 is 42.1 Å². The van der Waals surface area contributed by atoms with Crippen LogP contribution in [0.1, 0.15) is 33.7 Å². The minimum absolute atomic E-state index is 0.120. The lowest BCUT2D eigenvalue weighted by Crippen LogP contribution is -2.58. The summed E-state index contributed by atoms with van der Waals surface area (Å²) < 4.78 is 4.66. The maximum atomic E-state index is 13.8. The first-order valence-electron chi connectivity index (χ1n) is 13.2. The number of carbonyl (C=O) groups is 5. The number of rotatable bonds is 6. The number of aliphatic hydroxyl groups excluding tert-OH is 1. The van der Waals surface area contributed by atoms with Gasteiger partial charge in [0.2, 0.25) is 18.1 Å². The topological polar surface area (TPSA) is 158 Å². The number of hydrogen-bond donors (Lipinski definition) is 3. The Bertz CT molecular complexity index is 1480. The van der Waals surface area contributed by atoms with E-state index in [1.54, 1.807) is 48.5 Å². The molecule has 3 N–H and O–H groups in total. The first-order valence-corrected chi connectivity index (χ1v) is 13.2. The standard InChI is InChI=1S/C29H29N5O7/c35-23(31-21-15-24(36)41-29(21)40)17-34-14-6-13-33(27(38)19-8-2-1-3-9-19)16-22(28(34)39)32-26(37)25-20-10-5-4-7-18(20)11-12-30-25/h1-5,7-12,21-22,29,40H,6,13-17H2,(H,31,35)(H,32,37). The van der Waals surface area contributed by atoms with Gasteiger partial charge in [-0.3, -0.25) is 29.0 Å². The van der Waals surface area contributed by atoms with E-state index in [4.69, 9.17) is 0 Å². The van der Waals surface area contributed by atoms with Gasteiger partial charge >= 0.3 is 5.97 Å². The van der Waals surface area contributed by atoms with Crippen molar-refractivity contribution in [2.45, 2.75) is 31.2 Å². The van der Waals surface area contributed by atoms with Crippen molar-refractivity contribution in [1.29, 1.82) is 0 Å². The average Bonchev–Trinajstić information content (AvgIpc) is 3.29. The summed E-state index contributed by atoms with van der Waals surface area (Å²) >= 11 is 0. The largest absolute Gasteiger partial charge is 0.434 e. The summed E-state index contributed by atoms with van der Waals surface area (Å²) in [5.74, 6) is -2.68. The summed E-state index contributed by atoms with van der Waals surface area (Å²) in [6, 6.07) is 15.5. The lowest BCUT2D eigenvalue weighted by Gasteiger charge is -2.35. The second kappa shape index (κ2) is 12.1. The normalized spacial score (nSPS) is 21.1. The first kappa shape index (κ1) is 27.7. The summed E-state index contributed by atoms with van der Waals surface area (Å²) in [7, 11) is 0. The molecule has 0 saturated carbocycles. The second-order valence-corrected chi connectivity index (χ2v) is 9.90. The van der Waals surface area contributed by atoms with Crippen LogP contribution >= 0.6 is 0 Å². The Kier molecular flexibility index (Phi) is 8.20. The maximum Gasteiger partial charge on any atom is 0.310 e. The van der Waals surface area contributed by atoms with Crippen molar-refractivity contribution in [2.75, 3.05) is 26.2 Å². The third kappa shape index (κ3) is 6.33. The molecule has 3 atom stereocenters. The SMILES string of the molecule is O=C(CN1CCCN(C(=O)c2ccccc2)CC(NC(=O)c2nccc3ccccc23)C1=O)NC1CC(=O)OC1O. The minimum Gasteiger partial charge on any atom is -0.434 e. The number of ether oxygens (including phenoxy) is 1. The fraction of sp³-hybridized carbons (Fsp3) is 0.310. The van der Waals surface area contributed by atoms with Crippen molar-refractivity contribution in [3.05, 3.63) is 78.1 Å². The molecule has 3 heterocycles. The number of fused-ring (bicyclic) bond motifs is 1. The Morgan fingerprint density at radius 1 is 0.976 bits per heavy atom. The molecule has 1 aromatic heterocycles. The Labute approximate surface area is 235 Å². The lowest BCUT2D eigenvalue weighted by atomic mass is 10.1. The zero-order valence-electron chi connectivity index (χ0n) is 22.1. The molecule has 2 aliphatic heterocycles. The molecule has 2 aliphatic rings. The number of benzene rings is 2. The van der Waals surface area contributed by atoms with E-state index in [0.29, 0.717) is 17.4 Å². The molecule has 12 nitrogen and oxygen atoms in total. The van der Waals surface area contributed by atoms with Crippen LogP contribution in [-0.4, -0.2) is 94.0 Å². The van der Waals surface area contributed by atoms with Crippen molar-refractivity contribution in [2.24, 2.45) is 0 Å². The van der Waals surface area contributed by atoms with Gasteiger partial charge < -0.3 is 30.3 Å². The number of amides is 4. The minimum atomic E-state index is -1.47. The van der Waals surface area contributed by atoms with Crippen LogP contribution in [0.3, 0.4) is 0 Å². The van der Waals surface area contributed by atoms with Crippen LogP contribution in [0, 0.1) is 0 Å². The number of nitrogens with one attached hydrogen (secondary N) is 2. The molecule has 4 amide bonds. The van der Waals surface area contributed by atoms with Crippen molar-refractivity contribution in [3.8, 4) is 0 Å². The van der Waals surface area contributed by atoms with E-state index in [2.05, 4.69) is 20.4 Å². The molecule has 2 saturated heterocycles. The molecule has 12 heteroatoms. The van der Waals surface area contributed by atoms with Gasteiger partial charge in [-0.1, -0.05) is 42.5 Å². The van der Waals surface area contributed by atoms with Crippen LogP contribution in [0.15, 0.2) is 66.9 Å². The third-order valence-electron chi connectivity index (χ3n) is 7.03. The van der Waals surface area contributed by atoms with Gasteiger partial charge in [0.15, 0.2) is 0 Å². The van der Waals surface area contributed by atoms with E-state index in [0.717, 1.165) is 5.39 Å². The van der Waals surface area contributed by atoms with E-state index >= 15 is 0 Å². The third-order valence-corrected chi connectivity index (χ3v) is 7.03. The number of aliphatic hydroxyl groups is 1. The Morgan fingerprint density at radius 3 is 2.49 bits per heavy atom. The van der Waals surface area contributed by atoms with E-state index in [1.165, 1.54) is 16.0 Å². The van der Waals surface area contributed by atoms with E-state index in [9.17, 15) is 29.1 Å². The highest BCUT2D eigenvalue weighted by molar-refractivity contribution is 6.06. The smallest absolute Gasteiger partial charge is 0.310 e. The van der Waals surface area contributed by atoms with Crippen molar-refractivity contribution in [1.82, 2.24) is 25.4 Å². The van der Waals surface area contributed by atoms with Crippen LogP contribution in [0.5, 0.6) is 0 Å². The quantitative estimate of drug-likeness (QED) is 0.368. The van der Waals surface area contributed by atoms with Crippen LogP contribution in [-0.2, 0) is 19.1 Å². The van der Waals surface area contributed by atoms with Gasteiger partial charge in [-0.05, 0) is 30.0 Å². The molecular formula is C29H29N5O7. The number of carbonyl (C=O) groups excluding carboxylic acids is 5. The molecule has 3 unspecified atom stereocenters. The zero-order chi connectivity index (χ0) is 28.9. The molecule has 41 heavy (non-hydrogen) atoms. The number of cyclic esters (lactones) is 1. The summed E-state index contributed by atoms with van der Waals surface area (Å²) in [4.78, 5) is 71.8. The predicted octanol–water partition coefficient (Wildman–Crippen LogP) is 0.458. The molecule has 2 fully saturated rings. The van der Waals surface area contributed by atoms with Crippen molar-refractivity contribution in [3.63, 3.8) is 0 Å². The number of hydrogen-bond acceptors (Lipinski definition) is 8. The predicted molar refractivity (Wildman–Crippen MR) is 145 cm³/mol. The molecule has 212 valence electrons. The summed E-state index contributed by atoms with van der Waals surface area (Å²) in [6.07, 6.45) is 0.239. The Balaban J connectivity index is 1.37. The molecule has 3 aromatic rings. The highest BCUT2D eigenvalue weighted by Gasteiger charge is 2.37. The lowest BCUT2D eigenvalue weighted by molar-refractivity contribution is -0.155. The molecule has 5 rings (SSSR count). The van der Waals surface area contributed by atoms with Gasteiger partial charge in [-0.15, -0.1) is 0 Å². The van der Waals surface area contributed by atoms with Crippen molar-refractivity contribution < 1.29 is 33.8 Å². The molecular weight excluding hydrogens is 530 g/mol. The van der Waals surface area contributed by atoms with Gasteiger partial charge in [-0.2, -0.15) is 0 Å². The van der Waals surface area contributed by atoms with E-state index in [-0.39, 0.29) is 44.2 Å². The van der Waals surface area contributed by atoms with Gasteiger partial charge in [-0.25, -0.2) is 0 Å². The van der Waals surface area contributed by atoms with Gasteiger partial charge in [0.05, 0.1) is 19.5 Å². The summed E-state index contributed by atoms with van der Waals surface area (Å²) in [6.45, 7) is -0.0827. The van der Waals surface area contributed by atoms with Crippen LogP contribution in [0.25, 0.3) is 10.8 Å². The fourth-order valence-corrected chi connectivity index (χ4v) is 5.01. The van der Waals surface area contributed by atoms with Crippen LogP contribution < -0.4 is 10.6 Å². The number of pyridine rings is 1. The van der Waals surface area contributed by atoms with Crippen LogP contribution in [0.4, 0.5) is 0 Å². The maximum absolute atomic E-state index is 13.8. The fourth-order valence-electron chi connectivity index (χ4n) is 5.01. The Hall–Kier alpha value is -4.84. The highest BCUT2D eigenvalue weighted by atomic mass is 16.6. The van der Waals surface area contributed by atoms with Gasteiger partial charge in [0.25, 0.3) is 11.8 Å². The molecule has 2 aromatic carbocycles. The van der Waals surface area contributed by atoms with Crippen LogP contribution in [0.2, 0.25) is 0 Å². The Morgan fingerprint density at radius 2 is 1.73 bits per heavy atom. The van der Waals surface area contributed by atoms with Gasteiger partial charge in [0.1, 0.15) is 17.8 Å². The molecule has 0 aliphatic carbocycles. The zero-order valence-corrected chi connectivity index (χ0v) is 22.1. The molecule has 0 radical (unpaired) electrons. The summed E-state index contributed by atoms with van der Waals surface area (Å²) in [5.41, 5.74) is 0.576. The van der Waals surface area contributed by atoms with Crippen molar-refractivity contribution >= 4 is 40.4 Å². The monoisotopic (exact) mass is 559 g/mol. The number of esters is 1. The number of nitrogens with zero attached hydrogens (tertiary/aromatic N) is 3. The second-order valence-electron chi connectivity index (χ2n) is 9.90.